The zero-order valence-electron chi connectivity index (χ0n) is 11.4. The van der Waals surface area contributed by atoms with Crippen LogP contribution >= 0.6 is 0 Å². The Balaban J connectivity index is 1.87. The molecule has 1 N–H and O–H groups in total. The van der Waals surface area contributed by atoms with Crippen molar-refractivity contribution >= 4 is 0 Å². The molecule has 0 spiro atoms. The molecule has 2 heterocycles. The van der Waals surface area contributed by atoms with Gasteiger partial charge in [0.15, 0.2) is 11.5 Å². The van der Waals surface area contributed by atoms with Crippen molar-refractivity contribution in [3.05, 3.63) is 52.5 Å². The number of hydrogen-bond donors (Lipinski definition) is 1. The Labute approximate surface area is 119 Å². The standard InChI is InChI=1S/C14H12F2N4O/c1-7-8(2)18-19-13(7)14-17-12(20-21-14)5-9-3-4-10(15)6-11(9)16/h3-4,6H,5H2,1-2H3,(H,18,19). The maximum absolute atomic E-state index is 13.6. The first-order valence-electron chi connectivity index (χ1n) is 6.33. The molecule has 5 nitrogen and oxygen atoms in total. The second kappa shape index (κ2) is 5.08. The monoisotopic (exact) mass is 290 g/mol. The molecule has 0 aliphatic rings. The number of nitrogens with zero attached hydrogens (tertiary/aromatic N) is 3. The van der Waals surface area contributed by atoms with E-state index < -0.39 is 11.6 Å². The lowest BCUT2D eigenvalue weighted by atomic mass is 10.1. The van der Waals surface area contributed by atoms with Gasteiger partial charge in [0.1, 0.15) is 11.6 Å². The molecule has 2 aromatic heterocycles. The maximum atomic E-state index is 13.6. The van der Waals surface area contributed by atoms with Crippen molar-refractivity contribution in [1.82, 2.24) is 20.3 Å². The third-order valence-corrected chi connectivity index (χ3v) is 3.29. The van der Waals surface area contributed by atoms with Gasteiger partial charge in [-0.25, -0.2) is 8.78 Å². The minimum atomic E-state index is -0.631. The molecule has 7 heteroatoms. The summed E-state index contributed by atoms with van der Waals surface area (Å²) < 4.78 is 31.6. The van der Waals surface area contributed by atoms with Gasteiger partial charge in [0.05, 0.1) is 0 Å². The highest BCUT2D eigenvalue weighted by atomic mass is 19.1. The number of aromatic amines is 1. The van der Waals surface area contributed by atoms with Crippen LogP contribution in [0.1, 0.15) is 22.6 Å². The Hall–Kier alpha value is -2.57. The predicted octanol–water partition coefficient (Wildman–Crippen LogP) is 2.95. The van der Waals surface area contributed by atoms with Crippen molar-refractivity contribution in [2.45, 2.75) is 20.3 Å². The van der Waals surface area contributed by atoms with Crippen LogP contribution in [0.3, 0.4) is 0 Å². The third kappa shape index (κ3) is 2.54. The Kier molecular flexibility index (Phi) is 3.25. The van der Waals surface area contributed by atoms with Crippen molar-refractivity contribution < 1.29 is 13.3 Å². The third-order valence-electron chi connectivity index (χ3n) is 3.29. The average molecular weight is 290 g/mol. The van der Waals surface area contributed by atoms with Crippen molar-refractivity contribution in [3.8, 4) is 11.6 Å². The summed E-state index contributed by atoms with van der Waals surface area (Å²) in [6.07, 6.45) is 0.123. The van der Waals surface area contributed by atoms with Crippen LogP contribution in [0.25, 0.3) is 11.6 Å². The molecule has 0 radical (unpaired) electrons. The fourth-order valence-corrected chi connectivity index (χ4v) is 1.95. The van der Waals surface area contributed by atoms with E-state index in [1.165, 1.54) is 12.1 Å². The van der Waals surface area contributed by atoms with Crippen molar-refractivity contribution in [2.24, 2.45) is 0 Å². The maximum Gasteiger partial charge on any atom is 0.278 e. The number of benzene rings is 1. The van der Waals surface area contributed by atoms with E-state index in [1.807, 2.05) is 13.8 Å². The van der Waals surface area contributed by atoms with Crippen molar-refractivity contribution in [1.29, 1.82) is 0 Å². The highest BCUT2D eigenvalue weighted by molar-refractivity contribution is 5.53. The molecule has 108 valence electrons. The predicted molar refractivity (Wildman–Crippen MR) is 70.5 cm³/mol. The largest absolute Gasteiger partial charge is 0.332 e. The summed E-state index contributed by atoms with van der Waals surface area (Å²) in [7, 11) is 0. The summed E-state index contributed by atoms with van der Waals surface area (Å²) in [4.78, 5) is 4.19. The second-order valence-electron chi connectivity index (χ2n) is 4.75. The second-order valence-corrected chi connectivity index (χ2v) is 4.75. The van der Waals surface area contributed by atoms with Crippen LogP contribution < -0.4 is 0 Å². The van der Waals surface area contributed by atoms with E-state index in [0.717, 1.165) is 17.3 Å². The molecular weight excluding hydrogens is 278 g/mol. The van der Waals surface area contributed by atoms with E-state index in [4.69, 9.17) is 4.52 Å². The lowest BCUT2D eigenvalue weighted by Crippen LogP contribution is -1.95. The molecule has 0 unspecified atom stereocenters. The van der Waals surface area contributed by atoms with Gasteiger partial charge in [-0.2, -0.15) is 10.1 Å². The van der Waals surface area contributed by atoms with Crippen LogP contribution in [0.4, 0.5) is 8.78 Å². The molecule has 0 aliphatic heterocycles. The molecule has 21 heavy (non-hydrogen) atoms. The van der Waals surface area contributed by atoms with Gasteiger partial charge in [-0.1, -0.05) is 11.2 Å². The summed E-state index contributed by atoms with van der Waals surface area (Å²) in [6.45, 7) is 3.77. The number of H-pyrrole nitrogens is 1. The first-order chi connectivity index (χ1) is 10.0. The first kappa shape index (κ1) is 13.4. The average Bonchev–Trinajstić information content (AvgIpc) is 3.02. The van der Waals surface area contributed by atoms with E-state index in [-0.39, 0.29) is 12.3 Å². The normalized spacial score (nSPS) is 11.0. The van der Waals surface area contributed by atoms with Gasteiger partial charge in [-0.15, -0.1) is 0 Å². The molecule has 3 rings (SSSR count). The van der Waals surface area contributed by atoms with Gasteiger partial charge in [0.25, 0.3) is 5.89 Å². The van der Waals surface area contributed by atoms with Gasteiger partial charge in [0.2, 0.25) is 0 Å². The highest BCUT2D eigenvalue weighted by Crippen LogP contribution is 2.22. The van der Waals surface area contributed by atoms with E-state index >= 15 is 0 Å². The minimum Gasteiger partial charge on any atom is -0.332 e. The minimum absolute atomic E-state index is 0.123. The van der Waals surface area contributed by atoms with Crippen molar-refractivity contribution in [3.63, 3.8) is 0 Å². The van der Waals surface area contributed by atoms with Crippen LogP contribution in [0.5, 0.6) is 0 Å². The lowest BCUT2D eigenvalue weighted by Gasteiger charge is -1.98. The van der Waals surface area contributed by atoms with Crippen LogP contribution in [0, 0.1) is 25.5 Å². The van der Waals surface area contributed by atoms with Gasteiger partial charge in [0, 0.05) is 23.7 Å². The summed E-state index contributed by atoms with van der Waals surface area (Å²) in [6, 6.07) is 3.39. The molecule has 3 aromatic rings. The van der Waals surface area contributed by atoms with Gasteiger partial charge >= 0.3 is 0 Å². The summed E-state index contributed by atoms with van der Waals surface area (Å²) in [5.74, 6) is -0.661. The molecule has 1 aromatic carbocycles. The topological polar surface area (TPSA) is 67.6 Å². The Morgan fingerprint density at radius 3 is 2.71 bits per heavy atom. The molecule has 0 saturated carbocycles. The lowest BCUT2D eigenvalue weighted by molar-refractivity contribution is 0.422. The van der Waals surface area contributed by atoms with Crippen LogP contribution in [-0.4, -0.2) is 20.3 Å². The summed E-state index contributed by atoms with van der Waals surface area (Å²) in [5.41, 5.74) is 2.71. The van der Waals surface area contributed by atoms with E-state index in [1.54, 1.807) is 0 Å². The molecule has 0 atom stereocenters. The summed E-state index contributed by atoms with van der Waals surface area (Å²) in [5, 5.41) is 10.7. The molecule has 0 bridgehead atoms. The zero-order valence-corrected chi connectivity index (χ0v) is 11.4. The van der Waals surface area contributed by atoms with Crippen LogP contribution in [-0.2, 0) is 6.42 Å². The Morgan fingerprint density at radius 1 is 1.24 bits per heavy atom. The molecular formula is C14H12F2N4O. The van der Waals surface area contributed by atoms with Gasteiger partial charge in [-0.05, 0) is 25.5 Å². The van der Waals surface area contributed by atoms with Crippen LogP contribution in [0.15, 0.2) is 22.7 Å². The number of rotatable bonds is 3. The fourth-order valence-electron chi connectivity index (χ4n) is 1.95. The van der Waals surface area contributed by atoms with Gasteiger partial charge in [-0.3, -0.25) is 5.10 Å². The van der Waals surface area contributed by atoms with E-state index in [2.05, 4.69) is 20.3 Å². The number of aryl methyl sites for hydroxylation is 1. The van der Waals surface area contributed by atoms with Crippen LogP contribution in [0.2, 0.25) is 0 Å². The number of halogens is 2. The van der Waals surface area contributed by atoms with Crippen molar-refractivity contribution in [2.75, 3.05) is 0 Å². The molecule has 0 amide bonds. The van der Waals surface area contributed by atoms with E-state index in [0.29, 0.717) is 17.1 Å². The SMILES string of the molecule is Cc1[nH]nc(-c2nc(Cc3ccc(F)cc3F)no2)c1C. The zero-order chi connectivity index (χ0) is 15.0. The van der Waals surface area contributed by atoms with E-state index in [9.17, 15) is 8.78 Å². The van der Waals surface area contributed by atoms with Gasteiger partial charge < -0.3 is 4.52 Å². The molecule has 0 aliphatic carbocycles. The number of aromatic nitrogens is 4. The first-order valence-corrected chi connectivity index (χ1v) is 6.33. The highest BCUT2D eigenvalue weighted by Gasteiger charge is 2.16. The molecule has 0 saturated heterocycles. The Bertz CT molecular complexity index is 794. The number of nitrogens with one attached hydrogen (secondary N) is 1. The fraction of sp³-hybridized carbons (Fsp3) is 0.214. The smallest absolute Gasteiger partial charge is 0.278 e. The number of hydrogen-bond acceptors (Lipinski definition) is 4. The molecule has 0 fully saturated rings. The quantitative estimate of drug-likeness (QED) is 0.805. The Morgan fingerprint density at radius 2 is 2.05 bits per heavy atom. The summed E-state index contributed by atoms with van der Waals surface area (Å²) >= 11 is 0.